The Labute approximate surface area is 133 Å². The van der Waals surface area contributed by atoms with Crippen molar-refractivity contribution in [2.24, 2.45) is 0 Å². The molecule has 1 amide bonds. The maximum Gasteiger partial charge on any atom is 0.387 e. The Morgan fingerprint density at radius 1 is 1.13 bits per heavy atom. The van der Waals surface area contributed by atoms with Crippen LogP contribution in [0.4, 0.5) is 8.78 Å². The minimum atomic E-state index is -2.88. The van der Waals surface area contributed by atoms with Crippen molar-refractivity contribution in [2.45, 2.75) is 13.2 Å². The minimum absolute atomic E-state index is 0.0230. The van der Waals surface area contributed by atoms with Crippen molar-refractivity contribution in [2.75, 3.05) is 6.54 Å². The second-order valence-electron chi connectivity index (χ2n) is 4.86. The third-order valence-electron chi connectivity index (χ3n) is 3.18. The van der Waals surface area contributed by atoms with Gasteiger partial charge in [-0.3, -0.25) is 4.79 Å². The van der Waals surface area contributed by atoms with Crippen LogP contribution in [-0.4, -0.2) is 24.0 Å². The fraction of sp³-hybridized carbons (Fsp3) is 0.167. The van der Waals surface area contributed by atoms with E-state index in [1.807, 2.05) is 30.3 Å². The molecule has 0 aliphatic carbocycles. The molecule has 0 bridgehead atoms. The van der Waals surface area contributed by atoms with E-state index < -0.39 is 6.61 Å². The van der Waals surface area contributed by atoms with Crippen molar-refractivity contribution in [3.63, 3.8) is 0 Å². The summed E-state index contributed by atoms with van der Waals surface area (Å²) in [5, 5.41) is 0. The lowest BCUT2D eigenvalue weighted by Crippen LogP contribution is -2.30. The van der Waals surface area contributed by atoms with Gasteiger partial charge in [-0.05, 0) is 29.8 Å². The van der Waals surface area contributed by atoms with Crippen LogP contribution >= 0.6 is 0 Å². The largest absolute Gasteiger partial charge is 0.435 e. The van der Waals surface area contributed by atoms with Gasteiger partial charge in [0.1, 0.15) is 5.75 Å². The first-order valence-electron chi connectivity index (χ1n) is 7.09. The molecule has 120 valence electrons. The number of hydrogen-bond acceptors (Lipinski definition) is 2. The Morgan fingerprint density at radius 2 is 1.78 bits per heavy atom. The van der Waals surface area contributed by atoms with Gasteiger partial charge in [0.15, 0.2) is 0 Å². The van der Waals surface area contributed by atoms with Crippen molar-refractivity contribution in [1.29, 1.82) is 0 Å². The molecule has 0 saturated heterocycles. The van der Waals surface area contributed by atoms with E-state index in [1.165, 1.54) is 24.3 Å². The van der Waals surface area contributed by atoms with Gasteiger partial charge in [-0.25, -0.2) is 0 Å². The molecule has 2 aromatic rings. The first kappa shape index (κ1) is 16.7. The van der Waals surface area contributed by atoms with E-state index in [9.17, 15) is 13.6 Å². The molecule has 3 nitrogen and oxygen atoms in total. The zero-order valence-electron chi connectivity index (χ0n) is 12.5. The summed E-state index contributed by atoms with van der Waals surface area (Å²) in [5.74, 6) is -0.174. The van der Waals surface area contributed by atoms with Crippen LogP contribution in [-0.2, 0) is 6.54 Å². The molecule has 0 unspecified atom stereocenters. The number of halogens is 2. The molecule has 23 heavy (non-hydrogen) atoms. The lowest BCUT2D eigenvalue weighted by molar-refractivity contribution is -0.0498. The second-order valence-corrected chi connectivity index (χ2v) is 4.86. The maximum absolute atomic E-state index is 12.6. The fourth-order valence-electron chi connectivity index (χ4n) is 2.14. The number of nitrogens with zero attached hydrogens (tertiary/aromatic N) is 1. The third kappa shape index (κ3) is 4.92. The summed E-state index contributed by atoms with van der Waals surface area (Å²) in [4.78, 5) is 14.2. The Hall–Kier alpha value is -2.69. The van der Waals surface area contributed by atoms with Gasteiger partial charge in [-0.2, -0.15) is 8.78 Å². The minimum Gasteiger partial charge on any atom is -0.435 e. The molecule has 0 aliphatic heterocycles. The number of rotatable bonds is 7. The van der Waals surface area contributed by atoms with Gasteiger partial charge in [0.2, 0.25) is 0 Å². The van der Waals surface area contributed by atoms with E-state index in [0.717, 1.165) is 5.56 Å². The molecule has 0 saturated carbocycles. The molecule has 0 heterocycles. The predicted octanol–water partition coefficient (Wildman–Crippen LogP) is 4.12. The summed E-state index contributed by atoms with van der Waals surface area (Å²) in [7, 11) is 0. The molecule has 2 aromatic carbocycles. The summed E-state index contributed by atoms with van der Waals surface area (Å²) in [6.07, 6.45) is 1.65. The monoisotopic (exact) mass is 317 g/mol. The SMILES string of the molecule is C=CCN(Cc1ccccc1)C(=O)c1ccc(OC(F)F)cc1. The van der Waals surface area contributed by atoms with Gasteiger partial charge in [-0.15, -0.1) is 6.58 Å². The highest BCUT2D eigenvalue weighted by atomic mass is 19.3. The standard InChI is InChI=1S/C18H17F2NO2/c1-2-12-21(13-14-6-4-3-5-7-14)17(22)15-8-10-16(11-9-15)23-18(19)20/h2-11,18H,1,12-13H2. The number of carbonyl (C=O) groups excluding carboxylic acids is 1. The fourth-order valence-corrected chi connectivity index (χ4v) is 2.14. The molecule has 2 rings (SSSR count). The predicted molar refractivity (Wildman–Crippen MR) is 84.5 cm³/mol. The van der Waals surface area contributed by atoms with Crippen LogP contribution in [0.25, 0.3) is 0 Å². The maximum atomic E-state index is 12.6. The molecule has 0 fully saturated rings. The molecule has 0 N–H and O–H groups in total. The number of ether oxygens (including phenoxy) is 1. The van der Waals surface area contributed by atoms with Crippen molar-refractivity contribution in [1.82, 2.24) is 4.90 Å². The van der Waals surface area contributed by atoms with Gasteiger partial charge in [0.25, 0.3) is 5.91 Å². The van der Waals surface area contributed by atoms with Crippen molar-refractivity contribution < 1.29 is 18.3 Å². The first-order valence-corrected chi connectivity index (χ1v) is 7.09. The van der Waals surface area contributed by atoms with E-state index >= 15 is 0 Å². The summed E-state index contributed by atoms with van der Waals surface area (Å²) >= 11 is 0. The van der Waals surface area contributed by atoms with Crippen LogP contribution in [0.3, 0.4) is 0 Å². The summed E-state index contributed by atoms with van der Waals surface area (Å²) in [6.45, 7) is 1.62. The van der Waals surface area contributed by atoms with Crippen LogP contribution in [0.5, 0.6) is 5.75 Å². The molecule has 0 spiro atoms. The second kappa shape index (κ2) is 8.08. The van der Waals surface area contributed by atoms with Crippen LogP contribution in [0.2, 0.25) is 0 Å². The highest BCUT2D eigenvalue weighted by Gasteiger charge is 2.15. The van der Waals surface area contributed by atoms with E-state index in [1.54, 1.807) is 11.0 Å². The highest BCUT2D eigenvalue weighted by molar-refractivity contribution is 5.94. The number of benzene rings is 2. The Balaban J connectivity index is 2.12. The average molecular weight is 317 g/mol. The summed E-state index contributed by atoms with van der Waals surface area (Å²) < 4.78 is 28.6. The molecule has 5 heteroatoms. The van der Waals surface area contributed by atoms with E-state index in [-0.39, 0.29) is 11.7 Å². The number of amides is 1. The Bertz CT molecular complexity index is 642. The van der Waals surface area contributed by atoms with Crippen LogP contribution in [0.15, 0.2) is 67.3 Å². The average Bonchev–Trinajstić information content (AvgIpc) is 2.55. The molecular formula is C18H17F2NO2. The number of hydrogen-bond donors (Lipinski definition) is 0. The lowest BCUT2D eigenvalue weighted by atomic mass is 10.1. The Morgan fingerprint density at radius 3 is 2.35 bits per heavy atom. The van der Waals surface area contributed by atoms with Crippen LogP contribution in [0, 0.1) is 0 Å². The number of alkyl halides is 2. The van der Waals surface area contributed by atoms with Crippen LogP contribution in [0.1, 0.15) is 15.9 Å². The van der Waals surface area contributed by atoms with Crippen molar-refractivity contribution in [3.05, 3.63) is 78.4 Å². The molecule has 0 radical (unpaired) electrons. The first-order chi connectivity index (χ1) is 11.1. The summed E-state index contributed by atoms with van der Waals surface area (Å²) in [5.41, 5.74) is 1.41. The van der Waals surface area contributed by atoms with Crippen molar-refractivity contribution >= 4 is 5.91 Å². The molecule has 0 aliphatic rings. The molecule has 0 aromatic heterocycles. The lowest BCUT2D eigenvalue weighted by Gasteiger charge is -2.21. The van der Waals surface area contributed by atoms with Gasteiger partial charge in [-0.1, -0.05) is 36.4 Å². The normalized spacial score (nSPS) is 10.4. The highest BCUT2D eigenvalue weighted by Crippen LogP contribution is 2.17. The zero-order chi connectivity index (χ0) is 16.7. The van der Waals surface area contributed by atoms with Gasteiger partial charge in [0.05, 0.1) is 0 Å². The quantitative estimate of drug-likeness (QED) is 0.719. The topological polar surface area (TPSA) is 29.5 Å². The zero-order valence-corrected chi connectivity index (χ0v) is 12.5. The molecule has 0 atom stereocenters. The Kier molecular flexibility index (Phi) is 5.86. The smallest absolute Gasteiger partial charge is 0.387 e. The third-order valence-corrected chi connectivity index (χ3v) is 3.18. The van der Waals surface area contributed by atoms with Crippen molar-refractivity contribution in [3.8, 4) is 5.75 Å². The van der Waals surface area contributed by atoms with E-state index in [2.05, 4.69) is 11.3 Å². The van der Waals surface area contributed by atoms with Gasteiger partial charge >= 0.3 is 6.61 Å². The van der Waals surface area contributed by atoms with E-state index in [0.29, 0.717) is 18.7 Å². The molecular weight excluding hydrogens is 300 g/mol. The summed E-state index contributed by atoms with van der Waals surface area (Å²) in [6, 6.07) is 15.2. The van der Waals surface area contributed by atoms with Gasteiger partial charge in [0, 0.05) is 18.7 Å². The number of carbonyl (C=O) groups is 1. The van der Waals surface area contributed by atoms with Crippen LogP contribution < -0.4 is 4.74 Å². The van der Waals surface area contributed by atoms with E-state index in [4.69, 9.17) is 0 Å². The van der Waals surface area contributed by atoms with Gasteiger partial charge < -0.3 is 9.64 Å².